The minimum Gasteiger partial charge on any atom is -0.490 e. The van der Waals surface area contributed by atoms with Crippen molar-refractivity contribution in [2.75, 3.05) is 33.4 Å². The molecule has 1 amide bonds. The molecule has 2 N–H and O–H groups in total. The Bertz CT molecular complexity index is 434. The number of benzene rings is 1. The van der Waals surface area contributed by atoms with E-state index in [1.165, 1.54) is 0 Å². The molecule has 0 radical (unpaired) electrons. The van der Waals surface area contributed by atoms with Crippen LogP contribution < -0.4 is 15.2 Å². The standard InChI is InChI=1S/C13H18N2O3/c1-15-7-9-18-12-10(13(15)16)4-2-5-11(12)17-8-3-6-14/h2,4-5H,3,6-9,14H2,1H3. The van der Waals surface area contributed by atoms with Crippen molar-refractivity contribution in [3.63, 3.8) is 0 Å². The first-order chi connectivity index (χ1) is 8.74. The van der Waals surface area contributed by atoms with E-state index >= 15 is 0 Å². The van der Waals surface area contributed by atoms with Gasteiger partial charge in [0, 0.05) is 7.05 Å². The molecular weight excluding hydrogens is 232 g/mol. The van der Waals surface area contributed by atoms with E-state index in [0.29, 0.717) is 43.4 Å². The molecule has 1 aliphatic heterocycles. The van der Waals surface area contributed by atoms with Crippen LogP contribution in [0, 0.1) is 0 Å². The summed E-state index contributed by atoms with van der Waals surface area (Å²) in [6.45, 7) is 2.17. The van der Waals surface area contributed by atoms with Gasteiger partial charge in [-0.2, -0.15) is 0 Å². The Morgan fingerprint density at radius 1 is 1.50 bits per heavy atom. The van der Waals surface area contributed by atoms with Crippen molar-refractivity contribution >= 4 is 5.91 Å². The van der Waals surface area contributed by atoms with Crippen molar-refractivity contribution in [3.8, 4) is 11.5 Å². The highest BCUT2D eigenvalue weighted by molar-refractivity contribution is 5.98. The largest absolute Gasteiger partial charge is 0.490 e. The maximum Gasteiger partial charge on any atom is 0.257 e. The van der Waals surface area contributed by atoms with Crippen molar-refractivity contribution < 1.29 is 14.3 Å². The van der Waals surface area contributed by atoms with Gasteiger partial charge in [0.25, 0.3) is 5.91 Å². The van der Waals surface area contributed by atoms with E-state index in [0.717, 1.165) is 6.42 Å². The lowest BCUT2D eigenvalue weighted by Crippen LogP contribution is -2.27. The smallest absolute Gasteiger partial charge is 0.257 e. The number of hydrogen-bond acceptors (Lipinski definition) is 4. The molecule has 5 nitrogen and oxygen atoms in total. The summed E-state index contributed by atoms with van der Waals surface area (Å²) in [6.07, 6.45) is 0.775. The second kappa shape index (κ2) is 5.73. The Morgan fingerprint density at radius 3 is 3.11 bits per heavy atom. The first kappa shape index (κ1) is 12.7. The summed E-state index contributed by atoms with van der Waals surface area (Å²) >= 11 is 0. The molecule has 0 aliphatic carbocycles. The third kappa shape index (κ3) is 2.56. The molecule has 0 bridgehead atoms. The Balaban J connectivity index is 2.25. The Kier molecular flexibility index (Phi) is 4.04. The summed E-state index contributed by atoms with van der Waals surface area (Å²) in [4.78, 5) is 13.7. The number of fused-ring (bicyclic) bond motifs is 1. The summed E-state index contributed by atoms with van der Waals surface area (Å²) in [5.74, 6) is 1.13. The van der Waals surface area contributed by atoms with Crippen LogP contribution in [0.1, 0.15) is 16.8 Å². The summed E-state index contributed by atoms with van der Waals surface area (Å²) in [5.41, 5.74) is 5.98. The van der Waals surface area contributed by atoms with E-state index in [2.05, 4.69) is 0 Å². The molecule has 0 fully saturated rings. The van der Waals surface area contributed by atoms with E-state index in [1.807, 2.05) is 6.07 Å². The van der Waals surface area contributed by atoms with Gasteiger partial charge in [-0.3, -0.25) is 4.79 Å². The molecule has 1 heterocycles. The number of hydrogen-bond donors (Lipinski definition) is 1. The molecule has 0 saturated heterocycles. The lowest BCUT2D eigenvalue weighted by molar-refractivity contribution is 0.0797. The summed E-state index contributed by atoms with van der Waals surface area (Å²) in [7, 11) is 1.77. The average Bonchev–Trinajstić information content (AvgIpc) is 2.52. The van der Waals surface area contributed by atoms with E-state index < -0.39 is 0 Å². The molecular formula is C13H18N2O3. The summed E-state index contributed by atoms with van der Waals surface area (Å²) in [6, 6.07) is 5.38. The van der Waals surface area contributed by atoms with Crippen LogP contribution in [-0.4, -0.2) is 44.2 Å². The number of amides is 1. The SMILES string of the molecule is CN1CCOc2c(OCCCN)cccc2C1=O. The number of rotatable bonds is 4. The zero-order valence-electron chi connectivity index (χ0n) is 10.5. The zero-order valence-corrected chi connectivity index (χ0v) is 10.5. The quantitative estimate of drug-likeness (QED) is 0.806. The first-order valence-electron chi connectivity index (χ1n) is 6.08. The summed E-state index contributed by atoms with van der Waals surface area (Å²) < 4.78 is 11.2. The molecule has 2 rings (SSSR count). The third-order valence-corrected chi connectivity index (χ3v) is 2.84. The molecule has 0 unspecified atom stereocenters. The lowest BCUT2D eigenvalue weighted by Gasteiger charge is -2.13. The molecule has 98 valence electrons. The van der Waals surface area contributed by atoms with E-state index in [1.54, 1.807) is 24.1 Å². The molecule has 0 saturated carbocycles. The number of nitrogens with zero attached hydrogens (tertiary/aromatic N) is 1. The fourth-order valence-electron chi connectivity index (χ4n) is 1.80. The maximum atomic E-state index is 12.1. The average molecular weight is 250 g/mol. The van der Waals surface area contributed by atoms with Crippen LogP contribution in [0.4, 0.5) is 0 Å². The molecule has 0 atom stereocenters. The molecule has 1 aromatic carbocycles. The number of ether oxygens (including phenoxy) is 2. The Hall–Kier alpha value is -1.75. The van der Waals surface area contributed by atoms with Gasteiger partial charge >= 0.3 is 0 Å². The number of carbonyl (C=O) groups excluding carboxylic acids is 1. The Morgan fingerprint density at radius 2 is 2.33 bits per heavy atom. The van der Waals surface area contributed by atoms with Gasteiger partial charge in [0.05, 0.1) is 18.7 Å². The van der Waals surface area contributed by atoms with E-state index in [9.17, 15) is 4.79 Å². The number of likely N-dealkylation sites (N-methyl/N-ethyl adjacent to an activating group) is 1. The zero-order chi connectivity index (χ0) is 13.0. The highest BCUT2D eigenvalue weighted by Gasteiger charge is 2.23. The third-order valence-electron chi connectivity index (χ3n) is 2.84. The highest BCUT2D eigenvalue weighted by Crippen LogP contribution is 2.33. The lowest BCUT2D eigenvalue weighted by atomic mass is 10.1. The molecule has 0 aromatic heterocycles. The van der Waals surface area contributed by atoms with Gasteiger partial charge < -0.3 is 20.1 Å². The normalized spacial score (nSPS) is 14.8. The van der Waals surface area contributed by atoms with Gasteiger partial charge in [0.1, 0.15) is 6.61 Å². The summed E-state index contributed by atoms with van der Waals surface area (Å²) in [5, 5.41) is 0. The molecule has 1 aliphatic rings. The van der Waals surface area contributed by atoms with Gasteiger partial charge in [0.2, 0.25) is 0 Å². The predicted octanol–water partition coefficient (Wildman–Crippen LogP) is 0.879. The topological polar surface area (TPSA) is 64.8 Å². The van der Waals surface area contributed by atoms with E-state index in [4.69, 9.17) is 15.2 Å². The molecule has 0 spiro atoms. The van der Waals surface area contributed by atoms with Gasteiger partial charge in [-0.05, 0) is 25.1 Å². The minimum atomic E-state index is -0.0354. The van der Waals surface area contributed by atoms with Crippen LogP contribution in [-0.2, 0) is 0 Å². The maximum absolute atomic E-state index is 12.1. The van der Waals surface area contributed by atoms with Crippen molar-refractivity contribution in [2.24, 2.45) is 5.73 Å². The van der Waals surface area contributed by atoms with Crippen molar-refractivity contribution in [2.45, 2.75) is 6.42 Å². The van der Waals surface area contributed by atoms with Crippen LogP contribution in [0.15, 0.2) is 18.2 Å². The molecule has 18 heavy (non-hydrogen) atoms. The van der Waals surface area contributed by atoms with E-state index in [-0.39, 0.29) is 5.91 Å². The Labute approximate surface area is 106 Å². The molecule has 5 heteroatoms. The van der Waals surface area contributed by atoms with Gasteiger partial charge in [-0.25, -0.2) is 0 Å². The fraction of sp³-hybridized carbons (Fsp3) is 0.462. The monoisotopic (exact) mass is 250 g/mol. The molecule has 1 aromatic rings. The minimum absolute atomic E-state index is 0.0354. The number of nitrogens with two attached hydrogens (primary N) is 1. The van der Waals surface area contributed by atoms with Crippen molar-refractivity contribution in [1.29, 1.82) is 0 Å². The van der Waals surface area contributed by atoms with Gasteiger partial charge in [-0.1, -0.05) is 6.07 Å². The van der Waals surface area contributed by atoms with Gasteiger partial charge in [0.15, 0.2) is 11.5 Å². The highest BCUT2D eigenvalue weighted by atomic mass is 16.5. The first-order valence-corrected chi connectivity index (χ1v) is 6.08. The van der Waals surface area contributed by atoms with Crippen molar-refractivity contribution in [1.82, 2.24) is 4.90 Å². The fourth-order valence-corrected chi connectivity index (χ4v) is 1.80. The van der Waals surface area contributed by atoms with Crippen LogP contribution in [0.2, 0.25) is 0 Å². The van der Waals surface area contributed by atoms with Crippen LogP contribution in [0.3, 0.4) is 0 Å². The second-order valence-corrected chi connectivity index (χ2v) is 4.20. The predicted molar refractivity (Wildman–Crippen MR) is 68.1 cm³/mol. The van der Waals surface area contributed by atoms with Crippen LogP contribution >= 0.6 is 0 Å². The number of para-hydroxylation sites is 1. The second-order valence-electron chi connectivity index (χ2n) is 4.20. The number of carbonyl (C=O) groups is 1. The van der Waals surface area contributed by atoms with Crippen molar-refractivity contribution in [3.05, 3.63) is 23.8 Å². The van der Waals surface area contributed by atoms with Crippen LogP contribution in [0.5, 0.6) is 11.5 Å². The van der Waals surface area contributed by atoms with Crippen LogP contribution in [0.25, 0.3) is 0 Å². The van der Waals surface area contributed by atoms with Gasteiger partial charge in [-0.15, -0.1) is 0 Å².